The summed E-state index contributed by atoms with van der Waals surface area (Å²) in [5.41, 5.74) is 1.18. The van der Waals surface area contributed by atoms with Crippen molar-refractivity contribution in [3.63, 3.8) is 0 Å². The van der Waals surface area contributed by atoms with Gasteiger partial charge in [-0.15, -0.1) is 0 Å². The number of carbonyl (C=O) groups is 2. The molecular formula is C21H25N3O3. The summed E-state index contributed by atoms with van der Waals surface area (Å²) in [5, 5.41) is 2.80. The molecule has 1 aromatic heterocycles. The monoisotopic (exact) mass is 367 g/mol. The van der Waals surface area contributed by atoms with Gasteiger partial charge in [-0.05, 0) is 62.1 Å². The van der Waals surface area contributed by atoms with Crippen molar-refractivity contribution >= 4 is 17.5 Å². The van der Waals surface area contributed by atoms with Crippen molar-refractivity contribution in [3.05, 3.63) is 53.9 Å². The molecule has 0 saturated carbocycles. The van der Waals surface area contributed by atoms with Crippen molar-refractivity contribution in [1.82, 2.24) is 9.88 Å². The van der Waals surface area contributed by atoms with Crippen molar-refractivity contribution in [2.45, 2.75) is 26.7 Å². The molecule has 2 amide bonds. The molecule has 0 bridgehead atoms. The first-order valence-corrected chi connectivity index (χ1v) is 9.37. The molecule has 2 aromatic rings. The van der Waals surface area contributed by atoms with E-state index in [9.17, 15) is 9.59 Å². The summed E-state index contributed by atoms with van der Waals surface area (Å²) < 4.78 is 5.39. The largest absolute Gasteiger partial charge is 0.494 e. The van der Waals surface area contributed by atoms with Gasteiger partial charge in [0.25, 0.3) is 11.8 Å². The Bertz CT molecular complexity index is 805. The van der Waals surface area contributed by atoms with E-state index in [0.29, 0.717) is 23.9 Å². The second kappa shape index (κ2) is 8.66. The molecule has 1 fully saturated rings. The first-order chi connectivity index (χ1) is 13.1. The van der Waals surface area contributed by atoms with Crippen LogP contribution in [0.3, 0.4) is 0 Å². The summed E-state index contributed by atoms with van der Waals surface area (Å²) >= 11 is 0. The van der Waals surface area contributed by atoms with Gasteiger partial charge in [-0.1, -0.05) is 13.0 Å². The van der Waals surface area contributed by atoms with Crippen molar-refractivity contribution < 1.29 is 14.3 Å². The van der Waals surface area contributed by atoms with Crippen LogP contribution in [0, 0.1) is 5.92 Å². The molecule has 6 nitrogen and oxygen atoms in total. The van der Waals surface area contributed by atoms with E-state index < -0.39 is 0 Å². The summed E-state index contributed by atoms with van der Waals surface area (Å²) in [7, 11) is 0. The van der Waals surface area contributed by atoms with Gasteiger partial charge in [-0.3, -0.25) is 9.59 Å². The zero-order chi connectivity index (χ0) is 19.2. The third-order valence-electron chi connectivity index (χ3n) is 4.57. The molecule has 0 aliphatic carbocycles. The van der Waals surface area contributed by atoms with E-state index in [1.54, 1.807) is 42.5 Å². The zero-order valence-electron chi connectivity index (χ0n) is 15.8. The number of benzene rings is 1. The van der Waals surface area contributed by atoms with Gasteiger partial charge in [-0.2, -0.15) is 0 Å². The van der Waals surface area contributed by atoms with Crippen LogP contribution in [-0.2, 0) is 0 Å². The lowest BCUT2D eigenvalue weighted by Gasteiger charge is -2.30. The van der Waals surface area contributed by atoms with Crippen LogP contribution in [0.15, 0.2) is 42.5 Å². The van der Waals surface area contributed by atoms with E-state index in [2.05, 4.69) is 17.2 Å². The number of carbonyl (C=O) groups excluding carboxylic acids is 2. The molecule has 1 unspecified atom stereocenters. The van der Waals surface area contributed by atoms with E-state index in [0.717, 1.165) is 31.7 Å². The van der Waals surface area contributed by atoms with Crippen LogP contribution >= 0.6 is 0 Å². The highest BCUT2D eigenvalue weighted by molar-refractivity contribution is 6.03. The van der Waals surface area contributed by atoms with Crippen molar-refractivity contribution in [1.29, 1.82) is 0 Å². The van der Waals surface area contributed by atoms with Crippen LogP contribution in [0.5, 0.6) is 5.75 Å². The number of anilines is 1. The molecule has 1 N–H and O–H groups in total. The number of aromatic nitrogens is 1. The zero-order valence-corrected chi connectivity index (χ0v) is 15.8. The van der Waals surface area contributed by atoms with Gasteiger partial charge in [0.15, 0.2) is 0 Å². The van der Waals surface area contributed by atoms with Crippen molar-refractivity contribution in [2.24, 2.45) is 5.92 Å². The molecular weight excluding hydrogens is 342 g/mol. The Labute approximate surface area is 159 Å². The molecule has 0 radical (unpaired) electrons. The minimum atomic E-state index is -0.346. The second-order valence-corrected chi connectivity index (χ2v) is 6.82. The summed E-state index contributed by atoms with van der Waals surface area (Å²) in [5.74, 6) is 0.781. The molecule has 1 aliphatic heterocycles. The fraction of sp³-hybridized carbons (Fsp3) is 0.381. The number of hydrogen-bond acceptors (Lipinski definition) is 4. The first-order valence-electron chi connectivity index (χ1n) is 9.37. The number of nitrogens with one attached hydrogen (secondary N) is 1. The maximum Gasteiger partial charge on any atom is 0.274 e. The number of pyridine rings is 1. The maximum absolute atomic E-state index is 12.7. The molecule has 0 spiro atoms. The van der Waals surface area contributed by atoms with Crippen molar-refractivity contribution in [3.8, 4) is 5.75 Å². The molecule has 1 saturated heterocycles. The van der Waals surface area contributed by atoms with Gasteiger partial charge in [0, 0.05) is 18.8 Å². The Kier molecular flexibility index (Phi) is 6.06. The Morgan fingerprint density at radius 3 is 2.63 bits per heavy atom. The van der Waals surface area contributed by atoms with Crippen molar-refractivity contribution in [2.75, 3.05) is 25.0 Å². The first kappa shape index (κ1) is 18.9. The molecule has 1 aliphatic rings. The molecule has 6 heteroatoms. The number of likely N-dealkylation sites (tertiary alicyclic amines) is 1. The Hall–Kier alpha value is -2.89. The van der Waals surface area contributed by atoms with Gasteiger partial charge in [0.05, 0.1) is 6.61 Å². The third-order valence-corrected chi connectivity index (χ3v) is 4.57. The second-order valence-electron chi connectivity index (χ2n) is 6.82. The van der Waals surface area contributed by atoms with E-state index in [4.69, 9.17) is 4.74 Å². The van der Waals surface area contributed by atoms with Gasteiger partial charge >= 0.3 is 0 Å². The molecule has 1 aromatic carbocycles. The highest BCUT2D eigenvalue weighted by Crippen LogP contribution is 2.18. The van der Waals surface area contributed by atoms with Gasteiger partial charge in [-0.25, -0.2) is 4.98 Å². The molecule has 2 heterocycles. The van der Waals surface area contributed by atoms with Crippen LogP contribution in [0.4, 0.5) is 5.69 Å². The standard InChI is InChI=1S/C21H25N3O3/c1-3-27-17-11-9-16(10-12-17)22-20(25)18-7-4-8-19(23-18)21(26)24-13-5-6-15(2)14-24/h4,7-12,15H,3,5-6,13-14H2,1-2H3,(H,22,25). The Morgan fingerprint density at radius 1 is 1.19 bits per heavy atom. The van der Waals surface area contributed by atoms with E-state index in [1.807, 2.05) is 11.8 Å². The van der Waals surface area contributed by atoms with Crippen LogP contribution < -0.4 is 10.1 Å². The van der Waals surface area contributed by atoms with Crippen LogP contribution in [0.25, 0.3) is 0 Å². The van der Waals surface area contributed by atoms with E-state index in [-0.39, 0.29) is 17.5 Å². The number of ether oxygens (including phenoxy) is 1. The Balaban J connectivity index is 1.68. The third kappa shape index (κ3) is 4.84. The molecule has 27 heavy (non-hydrogen) atoms. The molecule has 3 rings (SSSR count). The predicted octanol–water partition coefficient (Wildman–Crippen LogP) is 3.60. The topological polar surface area (TPSA) is 71.5 Å². The Morgan fingerprint density at radius 2 is 1.93 bits per heavy atom. The molecule has 142 valence electrons. The number of nitrogens with zero attached hydrogens (tertiary/aromatic N) is 2. The summed E-state index contributed by atoms with van der Waals surface area (Å²) in [6, 6.07) is 12.1. The average molecular weight is 367 g/mol. The number of amides is 2. The maximum atomic E-state index is 12.7. The van der Waals surface area contributed by atoms with Crippen LogP contribution in [-0.4, -0.2) is 41.4 Å². The van der Waals surface area contributed by atoms with Gasteiger partial charge in [0.1, 0.15) is 17.1 Å². The van der Waals surface area contributed by atoms with Gasteiger partial charge in [0.2, 0.25) is 0 Å². The summed E-state index contributed by atoms with van der Waals surface area (Å²) in [4.78, 5) is 31.3. The quantitative estimate of drug-likeness (QED) is 0.876. The highest BCUT2D eigenvalue weighted by Gasteiger charge is 2.23. The SMILES string of the molecule is CCOc1ccc(NC(=O)c2cccc(C(=O)N3CCCC(C)C3)n2)cc1. The van der Waals surface area contributed by atoms with Crippen LogP contribution in [0.1, 0.15) is 47.7 Å². The minimum absolute atomic E-state index is 0.114. The lowest BCUT2D eigenvalue weighted by atomic mass is 10.00. The summed E-state index contributed by atoms with van der Waals surface area (Å²) in [6.45, 7) is 6.14. The highest BCUT2D eigenvalue weighted by atomic mass is 16.5. The lowest BCUT2D eigenvalue weighted by Crippen LogP contribution is -2.39. The number of piperidine rings is 1. The van der Waals surface area contributed by atoms with Crippen LogP contribution in [0.2, 0.25) is 0 Å². The molecule has 1 atom stereocenters. The van der Waals surface area contributed by atoms with E-state index >= 15 is 0 Å². The average Bonchev–Trinajstić information content (AvgIpc) is 2.69. The fourth-order valence-electron chi connectivity index (χ4n) is 3.21. The van der Waals surface area contributed by atoms with Gasteiger partial charge < -0.3 is 15.0 Å². The lowest BCUT2D eigenvalue weighted by molar-refractivity contribution is 0.0677. The minimum Gasteiger partial charge on any atom is -0.494 e. The summed E-state index contributed by atoms with van der Waals surface area (Å²) in [6.07, 6.45) is 2.15. The smallest absolute Gasteiger partial charge is 0.274 e. The number of hydrogen-bond donors (Lipinski definition) is 1. The predicted molar refractivity (Wildman–Crippen MR) is 104 cm³/mol. The fourth-order valence-corrected chi connectivity index (χ4v) is 3.21. The normalized spacial score (nSPS) is 16.7. The van der Waals surface area contributed by atoms with E-state index in [1.165, 1.54) is 0 Å². The number of rotatable bonds is 5.